The Bertz CT molecular complexity index is 463. The summed E-state index contributed by atoms with van der Waals surface area (Å²) >= 11 is 0. The maximum Gasteiger partial charge on any atom is 0.410 e. The topological polar surface area (TPSA) is 75.6 Å². The van der Waals surface area contributed by atoms with Gasteiger partial charge in [-0.2, -0.15) is 0 Å². The zero-order valence-electron chi connectivity index (χ0n) is 18.3. The zero-order chi connectivity index (χ0) is 20.3. The van der Waals surface area contributed by atoms with Gasteiger partial charge in [-0.1, -0.05) is 0 Å². The number of rotatable bonds is 8. The van der Waals surface area contributed by atoms with Gasteiger partial charge in [-0.3, -0.25) is 4.99 Å². The molecule has 1 aliphatic heterocycles. The molecule has 0 bridgehead atoms. The molecule has 1 aliphatic rings. The molecule has 1 fully saturated rings. The third-order valence-electron chi connectivity index (χ3n) is 4.24. The van der Waals surface area contributed by atoms with Crippen LogP contribution in [0, 0.1) is 0 Å². The molecule has 0 aromatic rings. The van der Waals surface area contributed by atoms with Gasteiger partial charge in [0.25, 0.3) is 0 Å². The Labute approximate surface area is 187 Å². The van der Waals surface area contributed by atoms with Crippen LogP contribution < -0.4 is 5.32 Å². The summed E-state index contributed by atoms with van der Waals surface area (Å²) in [4.78, 5) is 20.2. The number of carbonyl (C=O) groups is 1. The van der Waals surface area contributed by atoms with Crippen LogP contribution >= 0.6 is 24.0 Å². The normalized spacial score (nSPS) is 15.8. The lowest BCUT2D eigenvalue weighted by atomic mass is 10.1. The van der Waals surface area contributed by atoms with Gasteiger partial charge in [-0.15, -0.1) is 24.0 Å². The van der Waals surface area contributed by atoms with Crippen LogP contribution in [0.5, 0.6) is 0 Å². The Morgan fingerprint density at radius 2 is 1.89 bits per heavy atom. The molecule has 0 spiro atoms. The van der Waals surface area contributed by atoms with Gasteiger partial charge >= 0.3 is 6.09 Å². The molecular formula is C19H39IN4O4. The van der Waals surface area contributed by atoms with E-state index in [-0.39, 0.29) is 30.1 Å². The summed E-state index contributed by atoms with van der Waals surface area (Å²) in [6, 6.07) is 0. The van der Waals surface area contributed by atoms with E-state index in [0.29, 0.717) is 19.2 Å². The average Bonchev–Trinajstić information content (AvgIpc) is 2.61. The van der Waals surface area contributed by atoms with Gasteiger partial charge < -0.3 is 29.3 Å². The highest BCUT2D eigenvalue weighted by molar-refractivity contribution is 14.0. The van der Waals surface area contributed by atoms with Crippen molar-refractivity contribution in [2.24, 2.45) is 4.99 Å². The van der Waals surface area contributed by atoms with E-state index in [9.17, 15) is 4.79 Å². The van der Waals surface area contributed by atoms with E-state index in [0.717, 1.165) is 51.5 Å². The van der Waals surface area contributed by atoms with Crippen LogP contribution in [0.2, 0.25) is 0 Å². The first-order valence-electron chi connectivity index (χ1n) is 9.77. The highest BCUT2D eigenvalue weighted by atomic mass is 127. The number of guanidine groups is 1. The van der Waals surface area contributed by atoms with Gasteiger partial charge in [0.15, 0.2) is 5.96 Å². The zero-order valence-corrected chi connectivity index (χ0v) is 20.7. The quantitative estimate of drug-likeness (QED) is 0.232. The van der Waals surface area contributed by atoms with E-state index in [1.165, 1.54) is 0 Å². The highest BCUT2D eigenvalue weighted by Crippen LogP contribution is 2.14. The van der Waals surface area contributed by atoms with Crippen molar-refractivity contribution < 1.29 is 19.0 Å². The number of hydrogen-bond donors (Lipinski definition) is 1. The summed E-state index contributed by atoms with van der Waals surface area (Å²) < 4.78 is 16.3. The number of ether oxygens (including phenoxy) is 3. The van der Waals surface area contributed by atoms with Crippen molar-refractivity contribution in [1.82, 2.24) is 15.1 Å². The van der Waals surface area contributed by atoms with Crippen LogP contribution in [-0.2, 0) is 14.2 Å². The van der Waals surface area contributed by atoms with Crippen molar-refractivity contribution in [3.8, 4) is 0 Å². The van der Waals surface area contributed by atoms with Crippen molar-refractivity contribution in [1.29, 1.82) is 0 Å². The summed E-state index contributed by atoms with van der Waals surface area (Å²) in [6.07, 6.45) is 2.92. The predicted molar refractivity (Wildman–Crippen MR) is 123 cm³/mol. The van der Waals surface area contributed by atoms with Gasteiger partial charge in [-0.25, -0.2) is 4.79 Å². The molecule has 0 aromatic carbocycles. The maximum atomic E-state index is 12.0. The molecule has 1 amide bonds. The summed E-state index contributed by atoms with van der Waals surface area (Å²) in [5.74, 6) is 0.866. The summed E-state index contributed by atoms with van der Waals surface area (Å²) in [5, 5.41) is 3.33. The number of amides is 1. The van der Waals surface area contributed by atoms with Crippen molar-refractivity contribution in [3.05, 3.63) is 0 Å². The average molecular weight is 514 g/mol. The molecule has 9 heteroatoms. The molecule has 8 nitrogen and oxygen atoms in total. The molecule has 1 heterocycles. The standard InChI is InChI=1S/C19H38N4O4.HI/c1-19(2,3)27-18(24)22(5)13-10-21-17(20-4)23-11-8-16(9-12-23)26-15-7-14-25-6;/h16H,7-15H2,1-6H3,(H,20,21);1H. The first kappa shape index (κ1) is 27.2. The minimum atomic E-state index is -0.481. The molecule has 0 radical (unpaired) electrons. The second-order valence-electron chi connectivity index (χ2n) is 7.78. The monoisotopic (exact) mass is 514 g/mol. The molecular weight excluding hydrogens is 475 g/mol. The fraction of sp³-hybridized carbons (Fsp3) is 0.895. The van der Waals surface area contributed by atoms with Gasteiger partial charge in [0.05, 0.1) is 6.10 Å². The van der Waals surface area contributed by atoms with Gasteiger partial charge in [-0.05, 0) is 40.0 Å². The van der Waals surface area contributed by atoms with E-state index >= 15 is 0 Å². The first-order chi connectivity index (χ1) is 12.8. The summed E-state index contributed by atoms with van der Waals surface area (Å²) in [6.45, 7) is 10.1. The lowest BCUT2D eigenvalue weighted by molar-refractivity contribution is 0.00982. The smallest absolute Gasteiger partial charge is 0.410 e. The van der Waals surface area contributed by atoms with Gasteiger partial charge in [0.2, 0.25) is 0 Å². The number of likely N-dealkylation sites (tertiary alicyclic amines) is 1. The van der Waals surface area contributed by atoms with Crippen molar-refractivity contribution in [3.63, 3.8) is 0 Å². The molecule has 0 aliphatic carbocycles. The third kappa shape index (κ3) is 11.3. The molecule has 1 saturated heterocycles. The minimum Gasteiger partial charge on any atom is -0.444 e. The lowest BCUT2D eigenvalue weighted by Gasteiger charge is -2.34. The van der Waals surface area contributed by atoms with Crippen LogP contribution in [0.25, 0.3) is 0 Å². The second-order valence-corrected chi connectivity index (χ2v) is 7.78. The third-order valence-corrected chi connectivity index (χ3v) is 4.24. The Balaban J connectivity index is 0.00000729. The SMILES string of the molecule is CN=C(NCCN(C)C(=O)OC(C)(C)C)N1CCC(OCCCOC)CC1.I. The number of aliphatic imine (C=N–C) groups is 1. The van der Waals surface area contributed by atoms with Crippen LogP contribution in [0.1, 0.15) is 40.0 Å². The number of piperidine rings is 1. The molecule has 28 heavy (non-hydrogen) atoms. The molecule has 0 atom stereocenters. The number of likely N-dealkylation sites (N-methyl/N-ethyl adjacent to an activating group) is 1. The van der Waals surface area contributed by atoms with E-state index in [1.807, 2.05) is 20.8 Å². The molecule has 0 saturated carbocycles. The number of nitrogens with one attached hydrogen (secondary N) is 1. The van der Waals surface area contributed by atoms with Crippen molar-refractivity contribution in [2.75, 3.05) is 60.6 Å². The molecule has 0 aromatic heterocycles. The maximum absolute atomic E-state index is 12.0. The van der Waals surface area contributed by atoms with E-state index in [1.54, 1.807) is 26.1 Å². The number of halogens is 1. The predicted octanol–water partition coefficient (Wildman–Crippen LogP) is 2.56. The Morgan fingerprint density at radius 3 is 2.43 bits per heavy atom. The largest absolute Gasteiger partial charge is 0.444 e. The second kappa shape index (κ2) is 14.2. The van der Waals surface area contributed by atoms with Crippen LogP contribution in [-0.4, -0.2) is 94.2 Å². The van der Waals surface area contributed by atoms with Crippen LogP contribution in [0.3, 0.4) is 0 Å². The molecule has 1 N–H and O–H groups in total. The Kier molecular flexibility index (Phi) is 13.8. The van der Waals surface area contributed by atoms with E-state index < -0.39 is 5.60 Å². The van der Waals surface area contributed by atoms with Crippen molar-refractivity contribution in [2.45, 2.75) is 51.7 Å². The Morgan fingerprint density at radius 1 is 1.25 bits per heavy atom. The van der Waals surface area contributed by atoms with Crippen LogP contribution in [0.4, 0.5) is 4.79 Å². The number of hydrogen-bond acceptors (Lipinski definition) is 5. The summed E-state index contributed by atoms with van der Waals surface area (Å²) in [5.41, 5.74) is -0.481. The van der Waals surface area contributed by atoms with Crippen LogP contribution in [0.15, 0.2) is 4.99 Å². The number of nitrogens with zero attached hydrogens (tertiary/aromatic N) is 3. The highest BCUT2D eigenvalue weighted by Gasteiger charge is 2.22. The first-order valence-corrected chi connectivity index (χ1v) is 9.77. The molecule has 0 unspecified atom stereocenters. The number of carbonyl (C=O) groups excluding carboxylic acids is 1. The van der Waals surface area contributed by atoms with Gasteiger partial charge in [0.1, 0.15) is 5.60 Å². The Hall–Kier alpha value is -0.810. The number of methoxy groups -OCH3 is 1. The van der Waals surface area contributed by atoms with Crippen molar-refractivity contribution >= 4 is 36.0 Å². The van der Waals surface area contributed by atoms with Gasteiger partial charge in [0, 0.05) is 60.6 Å². The van der Waals surface area contributed by atoms with E-state index in [2.05, 4.69) is 15.2 Å². The fourth-order valence-corrected chi connectivity index (χ4v) is 2.79. The minimum absolute atomic E-state index is 0. The molecule has 166 valence electrons. The fourth-order valence-electron chi connectivity index (χ4n) is 2.79. The van der Waals surface area contributed by atoms with E-state index in [4.69, 9.17) is 14.2 Å². The summed E-state index contributed by atoms with van der Waals surface area (Å²) in [7, 11) is 5.24. The molecule has 1 rings (SSSR count). The lowest BCUT2D eigenvalue weighted by Crippen LogP contribution is -2.48.